The number of primary amides is 1. The minimum atomic E-state index is -0.637. The van der Waals surface area contributed by atoms with Crippen LogP contribution in [-0.2, 0) is 11.8 Å². The summed E-state index contributed by atoms with van der Waals surface area (Å²) in [6.45, 7) is 3.55. The van der Waals surface area contributed by atoms with Gasteiger partial charge in [0.2, 0.25) is 0 Å². The number of carbonyl (C=O) groups excluding carboxylic acids is 2. The van der Waals surface area contributed by atoms with E-state index in [2.05, 4.69) is 10.2 Å². The van der Waals surface area contributed by atoms with Gasteiger partial charge < -0.3 is 16.2 Å². The molecule has 0 aromatic carbocycles. The fraction of sp³-hybridized carbons (Fsp3) is 0.333. The van der Waals surface area contributed by atoms with Gasteiger partial charge in [-0.15, -0.1) is 0 Å². The number of carbonyl (C=O) groups is 2. The molecule has 21 heavy (non-hydrogen) atoms. The van der Waals surface area contributed by atoms with Crippen molar-refractivity contribution in [3.8, 4) is 5.82 Å². The van der Waals surface area contributed by atoms with Crippen molar-refractivity contribution in [2.75, 3.05) is 12.3 Å². The first kappa shape index (κ1) is 14.6. The molecule has 4 N–H and O–H groups in total. The summed E-state index contributed by atoms with van der Waals surface area (Å²) in [4.78, 5) is 23.3. The van der Waals surface area contributed by atoms with E-state index >= 15 is 0 Å². The summed E-state index contributed by atoms with van der Waals surface area (Å²) in [7, 11) is 1.64. The zero-order chi connectivity index (χ0) is 15.7. The molecule has 0 atom stereocenters. The summed E-state index contributed by atoms with van der Waals surface area (Å²) >= 11 is 0. The van der Waals surface area contributed by atoms with Gasteiger partial charge in [0.15, 0.2) is 11.5 Å². The second-order valence-electron chi connectivity index (χ2n) is 4.37. The third-order valence-corrected chi connectivity index (χ3v) is 2.87. The minimum Gasteiger partial charge on any atom is -0.461 e. The Morgan fingerprint density at radius 2 is 2.05 bits per heavy atom. The average molecular weight is 292 g/mol. The Hall–Kier alpha value is -2.84. The molecular weight excluding hydrogens is 276 g/mol. The Balaban J connectivity index is 2.56. The molecule has 9 heteroatoms. The molecule has 0 unspecified atom stereocenters. The van der Waals surface area contributed by atoms with E-state index in [0.29, 0.717) is 11.5 Å². The Kier molecular flexibility index (Phi) is 3.66. The van der Waals surface area contributed by atoms with Crippen molar-refractivity contribution in [1.29, 1.82) is 0 Å². The summed E-state index contributed by atoms with van der Waals surface area (Å²) in [6, 6.07) is 0. The summed E-state index contributed by atoms with van der Waals surface area (Å²) in [5.74, 6) is -0.933. The number of aromatic nitrogens is 4. The molecule has 2 aromatic rings. The first-order valence-electron chi connectivity index (χ1n) is 6.22. The van der Waals surface area contributed by atoms with Gasteiger partial charge in [-0.3, -0.25) is 4.79 Å². The molecule has 0 fully saturated rings. The Labute approximate surface area is 120 Å². The van der Waals surface area contributed by atoms with Crippen molar-refractivity contribution in [1.82, 2.24) is 19.6 Å². The van der Waals surface area contributed by atoms with Gasteiger partial charge in [-0.05, 0) is 13.8 Å². The topological polar surface area (TPSA) is 131 Å². The fourth-order valence-electron chi connectivity index (χ4n) is 2.05. The summed E-state index contributed by atoms with van der Waals surface area (Å²) < 4.78 is 7.60. The van der Waals surface area contributed by atoms with E-state index in [1.165, 1.54) is 15.6 Å². The van der Waals surface area contributed by atoms with Crippen molar-refractivity contribution in [2.24, 2.45) is 12.8 Å². The van der Waals surface area contributed by atoms with Gasteiger partial charge in [0, 0.05) is 7.05 Å². The molecule has 0 bridgehead atoms. The lowest BCUT2D eigenvalue weighted by Gasteiger charge is -2.03. The molecule has 0 spiro atoms. The van der Waals surface area contributed by atoms with Crippen LogP contribution in [0.2, 0.25) is 0 Å². The Morgan fingerprint density at radius 3 is 2.62 bits per heavy atom. The van der Waals surface area contributed by atoms with Gasteiger partial charge in [-0.25, -0.2) is 14.2 Å². The second kappa shape index (κ2) is 5.27. The third-order valence-electron chi connectivity index (χ3n) is 2.87. The zero-order valence-corrected chi connectivity index (χ0v) is 12.0. The zero-order valence-electron chi connectivity index (χ0n) is 12.0. The fourth-order valence-corrected chi connectivity index (χ4v) is 2.05. The lowest BCUT2D eigenvalue weighted by molar-refractivity contribution is 0.0520. The number of nitrogens with two attached hydrogens (primary N) is 2. The Morgan fingerprint density at radius 1 is 1.38 bits per heavy atom. The molecule has 2 rings (SSSR count). The average Bonchev–Trinajstić information content (AvgIpc) is 2.89. The van der Waals surface area contributed by atoms with Crippen LogP contribution in [0.4, 0.5) is 5.69 Å². The first-order valence-corrected chi connectivity index (χ1v) is 6.22. The predicted octanol–water partition coefficient (Wildman–Crippen LogP) is -0.228. The van der Waals surface area contributed by atoms with Crippen LogP contribution >= 0.6 is 0 Å². The number of hydrogen-bond donors (Lipinski definition) is 2. The van der Waals surface area contributed by atoms with Crippen LogP contribution in [0, 0.1) is 6.92 Å². The number of nitrogen functional groups attached to an aromatic ring is 1. The van der Waals surface area contributed by atoms with E-state index in [-0.39, 0.29) is 23.6 Å². The highest BCUT2D eigenvalue weighted by atomic mass is 16.5. The smallest absolute Gasteiger partial charge is 0.361 e. The largest absolute Gasteiger partial charge is 0.461 e. The van der Waals surface area contributed by atoms with Crippen molar-refractivity contribution in [3.05, 3.63) is 23.1 Å². The van der Waals surface area contributed by atoms with Gasteiger partial charge in [-0.2, -0.15) is 10.2 Å². The molecule has 0 aliphatic carbocycles. The Bertz CT molecular complexity index is 715. The molecule has 112 valence electrons. The summed E-state index contributed by atoms with van der Waals surface area (Å²) in [5, 5.41) is 8.19. The lowest BCUT2D eigenvalue weighted by Crippen LogP contribution is -2.16. The van der Waals surface area contributed by atoms with Gasteiger partial charge in [0.05, 0.1) is 24.2 Å². The lowest BCUT2D eigenvalue weighted by atomic mass is 10.2. The molecule has 0 saturated heterocycles. The minimum absolute atomic E-state index is 0.0221. The van der Waals surface area contributed by atoms with Gasteiger partial charge in [0.25, 0.3) is 5.91 Å². The number of amides is 1. The maximum Gasteiger partial charge on any atom is 0.361 e. The first-order chi connectivity index (χ1) is 9.86. The van der Waals surface area contributed by atoms with Crippen LogP contribution in [0.25, 0.3) is 5.82 Å². The maximum atomic E-state index is 11.7. The van der Waals surface area contributed by atoms with Gasteiger partial charge in [0.1, 0.15) is 5.56 Å². The maximum absolute atomic E-state index is 11.7. The highest BCUT2D eigenvalue weighted by Crippen LogP contribution is 2.20. The summed E-state index contributed by atoms with van der Waals surface area (Å²) in [5.41, 5.74) is 11.9. The molecule has 0 aliphatic rings. The molecular formula is C12H16N6O3. The van der Waals surface area contributed by atoms with Crippen LogP contribution in [-0.4, -0.2) is 38.0 Å². The van der Waals surface area contributed by atoms with E-state index in [1.807, 2.05) is 0 Å². The number of rotatable bonds is 4. The highest BCUT2D eigenvalue weighted by molar-refractivity contribution is 5.97. The predicted molar refractivity (Wildman–Crippen MR) is 74.0 cm³/mol. The number of esters is 1. The monoisotopic (exact) mass is 292 g/mol. The van der Waals surface area contributed by atoms with Crippen LogP contribution in [0.1, 0.15) is 33.5 Å². The van der Waals surface area contributed by atoms with E-state index in [0.717, 1.165) is 0 Å². The molecule has 9 nitrogen and oxygen atoms in total. The third kappa shape index (κ3) is 2.45. The van der Waals surface area contributed by atoms with Crippen LogP contribution in [0.5, 0.6) is 0 Å². The number of aryl methyl sites for hydroxylation is 2. The normalized spacial score (nSPS) is 10.6. The SMILES string of the molecule is CCOC(=O)c1nn(-c2c(C(N)=O)c(C)nn2C)cc1N. The van der Waals surface area contributed by atoms with E-state index < -0.39 is 11.9 Å². The van der Waals surface area contributed by atoms with Crippen molar-refractivity contribution in [3.63, 3.8) is 0 Å². The van der Waals surface area contributed by atoms with Crippen LogP contribution in [0.3, 0.4) is 0 Å². The van der Waals surface area contributed by atoms with Crippen LogP contribution < -0.4 is 11.5 Å². The number of ether oxygens (including phenoxy) is 1. The molecule has 0 saturated carbocycles. The van der Waals surface area contributed by atoms with E-state index in [4.69, 9.17) is 16.2 Å². The molecule has 0 aliphatic heterocycles. The molecule has 0 radical (unpaired) electrons. The van der Waals surface area contributed by atoms with E-state index in [1.54, 1.807) is 20.9 Å². The number of hydrogen-bond acceptors (Lipinski definition) is 6. The van der Waals surface area contributed by atoms with Gasteiger partial charge >= 0.3 is 5.97 Å². The van der Waals surface area contributed by atoms with E-state index in [9.17, 15) is 9.59 Å². The second-order valence-corrected chi connectivity index (χ2v) is 4.37. The molecule has 1 amide bonds. The standard InChI is InChI=1S/C12H16N6O3/c1-4-21-12(20)9-7(13)5-18(16-9)11-8(10(14)19)6(2)15-17(11)3/h5H,4,13H2,1-3H3,(H2,14,19). The van der Waals surface area contributed by atoms with Crippen molar-refractivity contribution < 1.29 is 14.3 Å². The highest BCUT2D eigenvalue weighted by Gasteiger charge is 2.23. The summed E-state index contributed by atoms with van der Waals surface area (Å²) in [6.07, 6.45) is 1.41. The molecule has 2 heterocycles. The van der Waals surface area contributed by atoms with Crippen LogP contribution in [0.15, 0.2) is 6.20 Å². The number of nitrogens with zero attached hydrogens (tertiary/aromatic N) is 4. The molecule has 2 aromatic heterocycles. The van der Waals surface area contributed by atoms with Crippen molar-refractivity contribution in [2.45, 2.75) is 13.8 Å². The van der Waals surface area contributed by atoms with Gasteiger partial charge in [-0.1, -0.05) is 0 Å². The number of anilines is 1. The quantitative estimate of drug-likeness (QED) is 0.748. The van der Waals surface area contributed by atoms with Crippen molar-refractivity contribution >= 4 is 17.6 Å².